The Hall–Kier alpha value is -1.45. The van der Waals surface area contributed by atoms with Gasteiger partial charge in [-0.05, 0) is 41.5 Å². The van der Waals surface area contributed by atoms with Gasteiger partial charge in [0.2, 0.25) is 0 Å². The molecule has 2 rings (SSSR count). The fourth-order valence-electron chi connectivity index (χ4n) is 1.49. The third-order valence-corrected chi connectivity index (χ3v) is 3.72. The van der Waals surface area contributed by atoms with E-state index in [0.717, 1.165) is 10.5 Å². The van der Waals surface area contributed by atoms with Gasteiger partial charge in [-0.25, -0.2) is 0 Å². The molecule has 2 nitrogen and oxygen atoms in total. The summed E-state index contributed by atoms with van der Waals surface area (Å²) in [5.74, 6) is -0.434. The van der Waals surface area contributed by atoms with E-state index < -0.39 is 5.97 Å². The quantitative estimate of drug-likeness (QED) is 0.807. The molecule has 0 spiro atoms. The molecular weight excluding hydrogens is 268 g/mol. The maximum absolute atomic E-state index is 10.7. The highest BCUT2D eigenvalue weighted by molar-refractivity contribution is 7.98. The molecule has 2 aromatic rings. The topological polar surface area (TPSA) is 40.1 Å². The van der Waals surface area contributed by atoms with Crippen molar-refractivity contribution < 1.29 is 9.90 Å². The highest BCUT2D eigenvalue weighted by Gasteiger charge is 1.99. The number of hydrogen-bond donors (Lipinski definition) is 0. The Morgan fingerprint density at radius 1 is 1.17 bits per heavy atom. The molecule has 0 radical (unpaired) electrons. The molecule has 0 atom stereocenters. The number of thioether (sulfide) groups is 1. The van der Waals surface area contributed by atoms with Crippen molar-refractivity contribution in [1.82, 2.24) is 0 Å². The number of halogens is 1. The summed E-state index contributed by atoms with van der Waals surface area (Å²) in [6, 6.07) is 14.3. The van der Waals surface area contributed by atoms with Crippen LogP contribution < -0.4 is 5.11 Å². The van der Waals surface area contributed by atoms with E-state index in [1.54, 1.807) is 23.9 Å². The molecule has 0 amide bonds. The molecule has 92 valence electrons. The monoisotopic (exact) mass is 277 g/mol. The third-order valence-electron chi connectivity index (χ3n) is 2.38. The molecule has 0 fully saturated rings. The molecule has 0 saturated carbocycles. The van der Waals surface area contributed by atoms with Crippen LogP contribution in [0, 0.1) is 0 Å². The van der Waals surface area contributed by atoms with Crippen LogP contribution in [0.3, 0.4) is 0 Å². The van der Waals surface area contributed by atoms with Crippen molar-refractivity contribution in [3.05, 3.63) is 64.7 Å². The highest BCUT2D eigenvalue weighted by atomic mass is 35.5. The van der Waals surface area contributed by atoms with Gasteiger partial charge in [-0.3, -0.25) is 0 Å². The number of benzene rings is 2. The lowest BCUT2D eigenvalue weighted by molar-refractivity contribution is -0.255. The van der Waals surface area contributed by atoms with Crippen LogP contribution in [0.5, 0.6) is 0 Å². The molecule has 0 heterocycles. The van der Waals surface area contributed by atoms with Crippen LogP contribution in [0.4, 0.5) is 0 Å². The molecule has 0 aromatic heterocycles. The fraction of sp³-hybridized carbons (Fsp3) is 0.0714. The molecular formula is C14H10ClO2S-. The molecule has 0 aliphatic heterocycles. The second kappa shape index (κ2) is 5.94. The van der Waals surface area contributed by atoms with Crippen molar-refractivity contribution in [2.75, 3.05) is 0 Å². The molecule has 0 N–H and O–H groups in total. The molecule has 0 aliphatic carbocycles. The van der Waals surface area contributed by atoms with Gasteiger partial charge in [-0.15, -0.1) is 11.8 Å². The number of aromatic carboxylic acids is 1. The first-order valence-corrected chi connectivity index (χ1v) is 6.70. The normalized spacial score (nSPS) is 10.3. The Labute approximate surface area is 115 Å². The highest BCUT2D eigenvalue weighted by Crippen LogP contribution is 2.24. The average Bonchev–Trinajstić information content (AvgIpc) is 2.38. The van der Waals surface area contributed by atoms with Gasteiger partial charge in [-0.1, -0.05) is 29.8 Å². The molecule has 0 unspecified atom stereocenters. The molecule has 4 heteroatoms. The van der Waals surface area contributed by atoms with Gasteiger partial charge in [0.25, 0.3) is 0 Å². The van der Waals surface area contributed by atoms with Crippen molar-refractivity contribution in [3.8, 4) is 0 Å². The number of carboxylic acids is 1. The smallest absolute Gasteiger partial charge is 0.0715 e. The summed E-state index contributed by atoms with van der Waals surface area (Å²) in [7, 11) is 0. The summed E-state index contributed by atoms with van der Waals surface area (Å²) in [5.41, 5.74) is 1.17. The minimum atomic E-state index is -1.15. The van der Waals surface area contributed by atoms with Crippen LogP contribution in [0.25, 0.3) is 0 Å². The fourth-order valence-corrected chi connectivity index (χ4v) is 2.45. The minimum Gasteiger partial charge on any atom is -0.545 e. The second-order valence-electron chi connectivity index (χ2n) is 3.73. The summed E-state index contributed by atoms with van der Waals surface area (Å²) < 4.78 is 0. The Balaban J connectivity index is 2.04. The first-order chi connectivity index (χ1) is 8.65. The van der Waals surface area contributed by atoms with E-state index in [1.165, 1.54) is 6.07 Å². The number of hydrogen-bond acceptors (Lipinski definition) is 3. The van der Waals surface area contributed by atoms with Crippen LogP contribution in [-0.4, -0.2) is 5.97 Å². The first kappa shape index (κ1) is 13.0. The van der Waals surface area contributed by atoms with E-state index in [9.17, 15) is 9.90 Å². The van der Waals surface area contributed by atoms with Crippen LogP contribution in [0.2, 0.25) is 5.02 Å². The largest absolute Gasteiger partial charge is 0.545 e. The number of carboxylic acid groups (broad SMARTS) is 1. The predicted octanol–water partition coefficient (Wildman–Crippen LogP) is 3.00. The van der Waals surface area contributed by atoms with Crippen LogP contribution in [0.15, 0.2) is 53.4 Å². The molecule has 18 heavy (non-hydrogen) atoms. The molecule has 2 aromatic carbocycles. The van der Waals surface area contributed by atoms with Crippen molar-refractivity contribution in [3.63, 3.8) is 0 Å². The third kappa shape index (κ3) is 3.52. The van der Waals surface area contributed by atoms with E-state index in [-0.39, 0.29) is 5.56 Å². The zero-order valence-electron chi connectivity index (χ0n) is 9.43. The lowest BCUT2D eigenvalue weighted by Gasteiger charge is -2.06. The zero-order valence-corrected chi connectivity index (χ0v) is 11.0. The van der Waals surface area contributed by atoms with Crippen LogP contribution in [0.1, 0.15) is 15.9 Å². The van der Waals surface area contributed by atoms with Crippen LogP contribution >= 0.6 is 23.4 Å². The summed E-state index contributed by atoms with van der Waals surface area (Å²) in [6.45, 7) is 0. The summed E-state index contributed by atoms with van der Waals surface area (Å²) in [4.78, 5) is 11.8. The van der Waals surface area contributed by atoms with Crippen molar-refractivity contribution >= 4 is 29.3 Å². The number of rotatable bonds is 4. The zero-order chi connectivity index (χ0) is 13.0. The van der Waals surface area contributed by atoms with Gasteiger partial charge in [0.05, 0.1) is 5.97 Å². The van der Waals surface area contributed by atoms with E-state index in [4.69, 9.17) is 11.6 Å². The van der Waals surface area contributed by atoms with E-state index >= 15 is 0 Å². The van der Waals surface area contributed by atoms with Crippen molar-refractivity contribution in [1.29, 1.82) is 0 Å². The first-order valence-electron chi connectivity index (χ1n) is 5.34. The van der Waals surface area contributed by atoms with Gasteiger partial charge >= 0.3 is 0 Å². The van der Waals surface area contributed by atoms with Crippen molar-refractivity contribution in [2.45, 2.75) is 10.6 Å². The lowest BCUT2D eigenvalue weighted by atomic mass is 10.1. The van der Waals surface area contributed by atoms with E-state index in [2.05, 4.69) is 0 Å². The van der Waals surface area contributed by atoms with E-state index in [1.807, 2.05) is 30.3 Å². The van der Waals surface area contributed by atoms with Crippen LogP contribution in [-0.2, 0) is 5.75 Å². The Morgan fingerprint density at radius 2 is 1.89 bits per heavy atom. The molecule has 0 aliphatic rings. The number of carbonyl (C=O) groups is 1. The van der Waals surface area contributed by atoms with Crippen molar-refractivity contribution in [2.24, 2.45) is 0 Å². The summed E-state index contributed by atoms with van der Waals surface area (Å²) in [5, 5.41) is 11.4. The Bertz CT molecular complexity index is 552. The minimum absolute atomic E-state index is 0.212. The molecule has 0 saturated heterocycles. The van der Waals surface area contributed by atoms with Gasteiger partial charge in [0, 0.05) is 15.7 Å². The lowest BCUT2D eigenvalue weighted by Crippen LogP contribution is -2.22. The Morgan fingerprint density at radius 3 is 2.56 bits per heavy atom. The van der Waals surface area contributed by atoms with Gasteiger partial charge < -0.3 is 9.90 Å². The van der Waals surface area contributed by atoms with Gasteiger partial charge in [-0.2, -0.15) is 0 Å². The maximum Gasteiger partial charge on any atom is 0.0715 e. The predicted molar refractivity (Wildman–Crippen MR) is 71.8 cm³/mol. The van der Waals surface area contributed by atoms with Gasteiger partial charge in [0.1, 0.15) is 0 Å². The maximum atomic E-state index is 10.7. The molecule has 0 bridgehead atoms. The SMILES string of the molecule is O=C([O-])c1cccc(CSc2ccc(Cl)cc2)c1. The van der Waals surface area contributed by atoms with E-state index in [0.29, 0.717) is 10.8 Å². The summed E-state index contributed by atoms with van der Waals surface area (Å²) in [6.07, 6.45) is 0. The summed E-state index contributed by atoms with van der Waals surface area (Å²) >= 11 is 7.43. The Kier molecular flexibility index (Phi) is 4.28. The average molecular weight is 278 g/mol. The number of carbonyl (C=O) groups excluding carboxylic acids is 1. The second-order valence-corrected chi connectivity index (χ2v) is 5.22. The van der Waals surface area contributed by atoms with Gasteiger partial charge in [0.15, 0.2) is 0 Å². The standard InChI is InChI=1S/C14H11ClO2S/c15-12-4-6-13(7-5-12)18-9-10-2-1-3-11(8-10)14(16)17/h1-8H,9H2,(H,16,17)/p-1.